The predicted octanol–water partition coefficient (Wildman–Crippen LogP) is 5.54. The van der Waals surface area contributed by atoms with Crippen molar-refractivity contribution in [3.63, 3.8) is 0 Å². The molecule has 0 aliphatic rings. The fourth-order valence-electron chi connectivity index (χ4n) is 2.04. The summed E-state index contributed by atoms with van der Waals surface area (Å²) in [4.78, 5) is 12.2. The molecule has 2 aromatic carbocycles. The van der Waals surface area contributed by atoms with Crippen molar-refractivity contribution in [2.24, 2.45) is 0 Å². The molecule has 0 spiro atoms. The van der Waals surface area contributed by atoms with Crippen molar-refractivity contribution in [3.8, 4) is 11.5 Å². The molecule has 2 rings (SSSR count). The lowest BCUT2D eigenvalue weighted by Crippen LogP contribution is -2.15. The number of nitrogens with one attached hydrogen (secondary N) is 1. The summed E-state index contributed by atoms with van der Waals surface area (Å²) < 4.78 is 10.4. The fourth-order valence-corrected chi connectivity index (χ4v) is 3.36. The van der Waals surface area contributed by atoms with E-state index in [0.29, 0.717) is 38.0 Å². The number of thioether (sulfide) groups is 1. The van der Waals surface area contributed by atoms with E-state index in [9.17, 15) is 4.79 Å². The molecule has 0 saturated heterocycles. The summed E-state index contributed by atoms with van der Waals surface area (Å²) in [5.41, 5.74) is 1.50. The van der Waals surface area contributed by atoms with Crippen LogP contribution in [-0.4, -0.2) is 25.9 Å². The van der Waals surface area contributed by atoms with E-state index in [4.69, 9.17) is 44.3 Å². The molecule has 0 fully saturated rings. The first-order chi connectivity index (χ1) is 11.9. The zero-order valence-electron chi connectivity index (χ0n) is 13.6. The normalized spacial score (nSPS) is 10.4. The Morgan fingerprint density at radius 1 is 1.00 bits per heavy atom. The van der Waals surface area contributed by atoms with E-state index in [-0.39, 0.29) is 11.7 Å². The second-order valence-corrected chi connectivity index (χ2v) is 7.18. The number of hydrogen-bond donors (Lipinski definition) is 1. The number of ether oxygens (including phenoxy) is 2. The molecule has 25 heavy (non-hydrogen) atoms. The molecule has 1 amide bonds. The number of halogens is 3. The molecular weight excluding hydrogens is 405 g/mol. The number of anilines is 1. The van der Waals surface area contributed by atoms with Crippen LogP contribution in [0.3, 0.4) is 0 Å². The Balaban J connectivity index is 1.94. The number of amides is 1. The van der Waals surface area contributed by atoms with Gasteiger partial charge in [0.15, 0.2) is 0 Å². The lowest BCUT2D eigenvalue weighted by Gasteiger charge is -2.13. The lowest BCUT2D eigenvalue weighted by atomic mass is 10.2. The van der Waals surface area contributed by atoms with Gasteiger partial charge >= 0.3 is 0 Å². The van der Waals surface area contributed by atoms with Crippen LogP contribution in [0.5, 0.6) is 11.5 Å². The minimum Gasteiger partial charge on any atom is -0.495 e. The average molecular weight is 421 g/mol. The molecule has 0 saturated carbocycles. The van der Waals surface area contributed by atoms with Gasteiger partial charge in [0.25, 0.3) is 0 Å². The minimum absolute atomic E-state index is 0.160. The van der Waals surface area contributed by atoms with Gasteiger partial charge in [-0.15, -0.1) is 11.8 Å². The van der Waals surface area contributed by atoms with Crippen molar-refractivity contribution in [2.75, 3.05) is 25.3 Å². The van der Waals surface area contributed by atoms with Gasteiger partial charge in [0.2, 0.25) is 5.91 Å². The Labute approximate surface area is 165 Å². The molecule has 0 radical (unpaired) electrons. The highest BCUT2D eigenvalue weighted by molar-refractivity contribution is 7.99. The number of benzene rings is 2. The number of carbonyl (C=O) groups is 1. The van der Waals surface area contributed by atoms with Gasteiger partial charge in [-0.3, -0.25) is 4.79 Å². The molecule has 0 aliphatic carbocycles. The van der Waals surface area contributed by atoms with Crippen molar-refractivity contribution in [3.05, 3.63) is 51.0 Å². The topological polar surface area (TPSA) is 47.6 Å². The first-order valence-corrected chi connectivity index (χ1v) is 9.46. The zero-order chi connectivity index (χ0) is 18.4. The minimum atomic E-state index is -0.160. The van der Waals surface area contributed by atoms with Crippen molar-refractivity contribution < 1.29 is 14.3 Å². The Hall–Kier alpha value is -1.27. The molecule has 0 bridgehead atoms. The van der Waals surface area contributed by atoms with Crippen molar-refractivity contribution in [1.29, 1.82) is 0 Å². The first-order valence-electron chi connectivity index (χ1n) is 7.17. The highest BCUT2D eigenvalue weighted by Gasteiger charge is 2.12. The third kappa shape index (κ3) is 5.61. The van der Waals surface area contributed by atoms with Crippen LogP contribution in [0.2, 0.25) is 15.1 Å². The van der Waals surface area contributed by atoms with Crippen molar-refractivity contribution in [1.82, 2.24) is 0 Å². The number of hydrogen-bond acceptors (Lipinski definition) is 4. The van der Waals surface area contributed by atoms with E-state index in [0.717, 1.165) is 5.56 Å². The van der Waals surface area contributed by atoms with Gasteiger partial charge < -0.3 is 14.8 Å². The Bertz CT molecular complexity index is 771. The first kappa shape index (κ1) is 20.0. The van der Waals surface area contributed by atoms with E-state index < -0.39 is 0 Å². The molecule has 8 heteroatoms. The fraction of sp³-hybridized carbons (Fsp3) is 0.235. The number of methoxy groups -OCH3 is 2. The summed E-state index contributed by atoms with van der Waals surface area (Å²) in [6, 6.07) is 8.64. The Kier molecular flexibility index (Phi) is 7.56. The average Bonchev–Trinajstić information content (AvgIpc) is 2.59. The standard InChI is InChI=1S/C17H16Cl3NO3S/c1-23-15-7-14(16(24-2)6-13(15)20)21-17(22)9-25-8-10-3-4-11(18)12(19)5-10/h3-7H,8-9H2,1-2H3,(H,21,22). The molecule has 2 aromatic rings. The van der Waals surface area contributed by atoms with Gasteiger partial charge in [-0.2, -0.15) is 0 Å². The summed E-state index contributed by atoms with van der Waals surface area (Å²) in [5, 5.41) is 4.22. The summed E-state index contributed by atoms with van der Waals surface area (Å²) in [6.07, 6.45) is 0. The van der Waals surface area contributed by atoms with Gasteiger partial charge in [0, 0.05) is 17.9 Å². The lowest BCUT2D eigenvalue weighted by molar-refractivity contribution is -0.113. The van der Waals surface area contributed by atoms with Crippen LogP contribution >= 0.6 is 46.6 Å². The molecule has 0 heterocycles. The third-order valence-electron chi connectivity index (χ3n) is 3.23. The second kappa shape index (κ2) is 9.43. The maximum Gasteiger partial charge on any atom is 0.234 e. The largest absolute Gasteiger partial charge is 0.495 e. The predicted molar refractivity (Wildman–Crippen MR) is 106 cm³/mol. The summed E-state index contributed by atoms with van der Waals surface area (Å²) in [6.45, 7) is 0. The van der Waals surface area contributed by atoms with Gasteiger partial charge in [-0.25, -0.2) is 0 Å². The number of carbonyl (C=O) groups excluding carboxylic acids is 1. The SMILES string of the molecule is COc1cc(NC(=O)CSCc2ccc(Cl)c(Cl)c2)c(OC)cc1Cl. The molecule has 0 aromatic heterocycles. The van der Waals surface area contributed by atoms with Gasteiger partial charge in [0.1, 0.15) is 11.5 Å². The van der Waals surface area contributed by atoms with Crippen LogP contribution < -0.4 is 14.8 Å². The van der Waals surface area contributed by atoms with Crippen LogP contribution in [0, 0.1) is 0 Å². The quantitative estimate of drug-likeness (QED) is 0.639. The van der Waals surface area contributed by atoms with Gasteiger partial charge in [0.05, 0.1) is 40.7 Å². The van der Waals surface area contributed by atoms with Gasteiger partial charge in [-0.05, 0) is 17.7 Å². The van der Waals surface area contributed by atoms with Crippen LogP contribution in [0.4, 0.5) is 5.69 Å². The van der Waals surface area contributed by atoms with Crippen LogP contribution in [0.15, 0.2) is 30.3 Å². The Morgan fingerprint density at radius 3 is 2.36 bits per heavy atom. The van der Waals surface area contributed by atoms with Crippen molar-refractivity contribution in [2.45, 2.75) is 5.75 Å². The molecule has 0 aliphatic heterocycles. The monoisotopic (exact) mass is 419 g/mol. The maximum atomic E-state index is 12.2. The zero-order valence-corrected chi connectivity index (χ0v) is 16.7. The van der Waals surface area contributed by atoms with E-state index in [1.807, 2.05) is 6.07 Å². The third-order valence-corrected chi connectivity index (χ3v) is 5.27. The molecular formula is C17H16Cl3NO3S. The highest BCUT2D eigenvalue weighted by atomic mass is 35.5. The molecule has 4 nitrogen and oxygen atoms in total. The summed E-state index contributed by atoms with van der Waals surface area (Å²) in [5.74, 6) is 1.68. The molecule has 134 valence electrons. The van der Waals surface area contributed by atoms with E-state index in [1.165, 1.54) is 26.0 Å². The van der Waals surface area contributed by atoms with Crippen molar-refractivity contribution >= 4 is 58.2 Å². The molecule has 0 atom stereocenters. The van der Waals surface area contributed by atoms with E-state index in [2.05, 4.69) is 5.32 Å². The van der Waals surface area contributed by atoms with E-state index in [1.54, 1.807) is 24.3 Å². The molecule has 0 unspecified atom stereocenters. The van der Waals surface area contributed by atoms with Crippen LogP contribution in [0.1, 0.15) is 5.56 Å². The van der Waals surface area contributed by atoms with E-state index >= 15 is 0 Å². The maximum absolute atomic E-state index is 12.2. The highest BCUT2D eigenvalue weighted by Crippen LogP contribution is 2.36. The smallest absolute Gasteiger partial charge is 0.234 e. The van der Waals surface area contributed by atoms with Crippen LogP contribution in [0.25, 0.3) is 0 Å². The number of rotatable bonds is 7. The van der Waals surface area contributed by atoms with Crippen LogP contribution in [-0.2, 0) is 10.5 Å². The molecule has 1 N–H and O–H groups in total. The summed E-state index contributed by atoms with van der Waals surface area (Å²) >= 11 is 19.4. The summed E-state index contributed by atoms with van der Waals surface area (Å²) in [7, 11) is 3.01. The Morgan fingerprint density at radius 2 is 1.72 bits per heavy atom. The van der Waals surface area contributed by atoms with Gasteiger partial charge in [-0.1, -0.05) is 40.9 Å². The second-order valence-electron chi connectivity index (χ2n) is 4.98.